The Hall–Kier alpha value is -2.07. The molecule has 1 aliphatic rings. The van der Waals surface area contributed by atoms with Crippen molar-refractivity contribution in [3.05, 3.63) is 52.9 Å². The van der Waals surface area contributed by atoms with Crippen LogP contribution in [0.2, 0.25) is 0 Å². The van der Waals surface area contributed by atoms with Gasteiger partial charge < -0.3 is 0 Å². The number of likely N-dealkylation sites (N-methyl/N-ethyl adjacent to an activating group) is 1. The number of amides is 2. The second-order valence-electron chi connectivity index (χ2n) is 4.31. The summed E-state index contributed by atoms with van der Waals surface area (Å²) >= 11 is 0.984. The molecule has 2 aromatic carbocycles. The maximum absolute atomic E-state index is 11.9. The fourth-order valence-electron chi connectivity index (χ4n) is 2.06. The van der Waals surface area contributed by atoms with E-state index in [1.54, 1.807) is 6.08 Å². The van der Waals surface area contributed by atoms with Gasteiger partial charge >= 0.3 is 0 Å². The topological polar surface area (TPSA) is 37.4 Å². The third-order valence-corrected chi connectivity index (χ3v) is 4.06. The number of fused-ring (bicyclic) bond motifs is 1. The molecule has 4 heteroatoms. The zero-order valence-electron chi connectivity index (χ0n) is 10.3. The van der Waals surface area contributed by atoms with Gasteiger partial charge in [0.1, 0.15) is 0 Å². The molecule has 0 spiro atoms. The van der Waals surface area contributed by atoms with Gasteiger partial charge in [0.2, 0.25) is 0 Å². The van der Waals surface area contributed by atoms with Crippen LogP contribution in [0, 0.1) is 0 Å². The Labute approximate surface area is 114 Å². The molecule has 0 unspecified atom stereocenters. The number of rotatable bonds is 1. The number of benzene rings is 2. The number of thioether (sulfide) groups is 1. The quantitative estimate of drug-likeness (QED) is 0.743. The lowest BCUT2D eigenvalue weighted by molar-refractivity contribution is -0.121. The molecule has 0 radical (unpaired) electrons. The zero-order chi connectivity index (χ0) is 13.4. The van der Waals surface area contributed by atoms with Crippen molar-refractivity contribution in [2.45, 2.75) is 0 Å². The second kappa shape index (κ2) is 4.55. The molecule has 1 fully saturated rings. The van der Waals surface area contributed by atoms with Crippen molar-refractivity contribution in [2.75, 3.05) is 7.05 Å². The summed E-state index contributed by atoms with van der Waals surface area (Å²) in [6.45, 7) is 0. The molecular formula is C15H11NO2S. The summed E-state index contributed by atoms with van der Waals surface area (Å²) < 4.78 is 0. The molecule has 1 heterocycles. The Morgan fingerprint density at radius 1 is 1.05 bits per heavy atom. The highest BCUT2D eigenvalue weighted by molar-refractivity contribution is 8.18. The Bertz CT molecular complexity index is 716. The van der Waals surface area contributed by atoms with Crippen LogP contribution < -0.4 is 0 Å². The molecule has 0 N–H and O–H groups in total. The first-order chi connectivity index (χ1) is 9.16. The van der Waals surface area contributed by atoms with E-state index in [4.69, 9.17) is 0 Å². The van der Waals surface area contributed by atoms with Crippen LogP contribution in [-0.4, -0.2) is 23.1 Å². The lowest BCUT2D eigenvalue weighted by Crippen LogP contribution is -2.22. The highest BCUT2D eigenvalue weighted by atomic mass is 32.2. The van der Waals surface area contributed by atoms with Crippen molar-refractivity contribution in [1.82, 2.24) is 4.90 Å². The molecule has 19 heavy (non-hydrogen) atoms. The zero-order valence-corrected chi connectivity index (χ0v) is 11.1. The maximum atomic E-state index is 11.9. The first-order valence-corrected chi connectivity index (χ1v) is 6.68. The third-order valence-electron chi connectivity index (χ3n) is 3.10. The number of nitrogens with zero attached hydrogens (tertiary/aromatic N) is 1. The molecule has 2 aromatic rings. The summed E-state index contributed by atoms with van der Waals surface area (Å²) in [5, 5.41) is 1.97. The maximum Gasteiger partial charge on any atom is 0.293 e. The van der Waals surface area contributed by atoms with Crippen molar-refractivity contribution in [3.63, 3.8) is 0 Å². The number of imide groups is 1. The van der Waals surface area contributed by atoms with E-state index in [2.05, 4.69) is 0 Å². The molecule has 0 aromatic heterocycles. The van der Waals surface area contributed by atoms with Crippen LogP contribution in [0.1, 0.15) is 5.56 Å². The molecule has 1 saturated heterocycles. The lowest BCUT2D eigenvalue weighted by Gasteiger charge is -2.03. The van der Waals surface area contributed by atoms with Gasteiger partial charge in [0.05, 0.1) is 4.91 Å². The minimum atomic E-state index is -0.233. The minimum Gasteiger partial charge on any atom is -0.272 e. The van der Waals surface area contributed by atoms with Gasteiger partial charge in [-0.2, -0.15) is 0 Å². The second-order valence-corrected chi connectivity index (χ2v) is 5.30. The van der Waals surface area contributed by atoms with Gasteiger partial charge in [0.15, 0.2) is 0 Å². The predicted octanol–water partition coefficient (Wildman–Crippen LogP) is 3.51. The normalized spacial score (nSPS) is 17.7. The Kier molecular flexibility index (Phi) is 2.87. The Balaban J connectivity index is 2.12. The van der Waals surface area contributed by atoms with Crippen LogP contribution in [0.15, 0.2) is 47.4 Å². The highest BCUT2D eigenvalue weighted by Gasteiger charge is 2.31. The van der Waals surface area contributed by atoms with Crippen LogP contribution >= 0.6 is 11.8 Å². The summed E-state index contributed by atoms with van der Waals surface area (Å²) in [5.41, 5.74) is 0.956. The summed E-state index contributed by atoms with van der Waals surface area (Å²) in [6.07, 6.45) is 1.79. The van der Waals surface area contributed by atoms with Crippen LogP contribution in [0.3, 0.4) is 0 Å². The van der Waals surface area contributed by atoms with Gasteiger partial charge in [-0.3, -0.25) is 14.5 Å². The first-order valence-electron chi connectivity index (χ1n) is 5.86. The van der Waals surface area contributed by atoms with Crippen LogP contribution in [0.25, 0.3) is 16.8 Å². The van der Waals surface area contributed by atoms with E-state index in [-0.39, 0.29) is 11.1 Å². The van der Waals surface area contributed by atoms with E-state index in [0.717, 1.165) is 33.0 Å². The average molecular weight is 269 g/mol. The van der Waals surface area contributed by atoms with Crippen molar-refractivity contribution in [1.29, 1.82) is 0 Å². The van der Waals surface area contributed by atoms with Gasteiger partial charge in [-0.15, -0.1) is 0 Å². The molecule has 0 atom stereocenters. The minimum absolute atomic E-state index is 0.225. The van der Waals surface area contributed by atoms with E-state index in [0.29, 0.717) is 4.91 Å². The largest absolute Gasteiger partial charge is 0.293 e. The first kappa shape index (κ1) is 12.0. The smallest absolute Gasteiger partial charge is 0.272 e. The average Bonchev–Trinajstić information content (AvgIpc) is 2.67. The molecule has 1 aliphatic heterocycles. The molecule has 2 amide bonds. The summed E-state index contributed by atoms with van der Waals surface area (Å²) in [7, 11) is 1.50. The third kappa shape index (κ3) is 2.04. The molecule has 3 rings (SSSR count). The van der Waals surface area contributed by atoms with Gasteiger partial charge in [-0.25, -0.2) is 0 Å². The van der Waals surface area contributed by atoms with Crippen molar-refractivity contribution < 1.29 is 9.59 Å². The van der Waals surface area contributed by atoms with E-state index in [1.807, 2.05) is 42.5 Å². The van der Waals surface area contributed by atoms with Crippen LogP contribution in [-0.2, 0) is 4.79 Å². The van der Waals surface area contributed by atoms with E-state index < -0.39 is 0 Å². The highest BCUT2D eigenvalue weighted by Crippen LogP contribution is 2.32. The number of carbonyl (C=O) groups excluding carboxylic acids is 2. The standard InChI is InChI=1S/C15H11NO2S/c1-16-14(17)13(19-15(16)18)9-11-7-4-6-10-5-2-3-8-12(10)11/h2-9H,1H3/b13-9+. The summed E-state index contributed by atoms with van der Waals surface area (Å²) in [5.74, 6) is -0.233. The fourth-order valence-corrected chi connectivity index (χ4v) is 2.88. The van der Waals surface area contributed by atoms with Gasteiger partial charge in [-0.1, -0.05) is 42.5 Å². The fraction of sp³-hybridized carbons (Fsp3) is 0.0667. The van der Waals surface area contributed by atoms with E-state index >= 15 is 0 Å². The number of hydrogen-bond donors (Lipinski definition) is 0. The molecule has 94 valence electrons. The van der Waals surface area contributed by atoms with Crippen molar-refractivity contribution >= 4 is 39.8 Å². The monoisotopic (exact) mass is 269 g/mol. The number of carbonyl (C=O) groups is 2. The van der Waals surface area contributed by atoms with Gasteiger partial charge in [0.25, 0.3) is 11.1 Å². The van der Waals surface area contributed by atoms with Gasteiger partial charge in [0, 0.05) is 7.05 Å². The van der Waals surface area contributed by atoms with Gasteiger partial charge in [-0.05, 0) is 34.2 Å². The van der Waals surface area contributed by atoms with Crippen molar-refractivity contribution in [2.24, 2.45) is 0 Å². The molecule has 0 aliphatic carbocycles. The molecule has 3 nitrogen and oxygen atoms in total. The van der Waals surface area contributed by atoms with Crippen LogP contribution in [0.5, 0.6) is 0 Å². The van der Waals surface area contributed by atoms with E-state index in [9.17, 15) is 9.59 Å². The van der Waals surface area contributed by atoms with Crippen molar-refractivity contribution in [3.8, 4) is 0 Å². The predicted molar refractivity (Wildman–Crippen MR) is 77.7 cm³/mol. The van der Waals surface area contributed by atoms with Crippen LogP contribution in [0.4, 0.5) is 4.79 Å². The van der Waals surface area contributed by atoms with E-state index in [1.165, 1.54) is 7.05 Å². The SMILES string of the molecule is CN1C(=O)S/C(=C/c2cccc3ccccc23)C1=O. The Morgan fingerprint density at radius 3 is 2.53 bits per heavy atom. The number of hydrogen-bond acceptors (Lipinski definition) is 3. The Morgan fingerprint density at radius 2 is 1.79 bits per heavy atom. The molecule has 0 bridgehead atoms. The lowest BCUT2D eigenvalue weighted by atomic mass is 10.0. The molecule has 0 saturated carbocycles. The summed E-state index contributed by atoms with van der Waals surface area (Å²) in [4.78, 5) is 25.0. The summed E-state index contributed by atoms with van der Waals surface area (Å²) in [6, 6.07) is 13.9. The molecular weight excluding hydrogens is 258 g/mol.